The van der Waals surface area contributed by atoms with Crippen LogP contribution in [-0.2, 0) is 11.3 Å². The third kappa shape index (κ3) is 2.49. The Kier molecular flexibility index (Phi) is 3.59. The maximum absolute atomic E-state index is 11.7. The number of rotatable bonds is 4. The van der Waals surface area contributed by atoms with Gasteiger partial charge in [-0.1, -0.05) is 32.9 Å². The Morgan fingerprint density at radius 1 is 1.44 bits per heavy atom. The van der Waals surface area contributed by atoms with Crippen LogP contribution in [0, 0.1) is 5.92 Å². The Morgan fingerprint density at radius 3 is 2.72 bits per heavy atom. The predicted octanol–water partition coefficient (Wildman–Crippen LogP) is 2.77. The molecule has 1 atom stereocenters. The van der Waals surface area contributed by atoms with E-state index in [-0.39, 0.29) is 12.1 Å². The van der Waals surface area contributed by atoms with E-state index in [1.807, 2.05) is 6.07 Å². The highest BCUT2D eigenvalue weighted by molar-refractivity contribution is 5.70. The topological polar surface area (TPSA) is 55.6 Å². The van der Waals surface area contributed by atoms with E-state index in [1.54, 1.807) is 4.90 Å². The van der Waals surface area contributed by atoms with E-state index in [4.69, 9.17) is 9.26 Å². The minimum Gasteiger partial charge on any atom is -0.447 e. The molecule has 1 saturated heterocycles. The normalized spacial score (nSPS) is 20.0. The van der Waals surface area contributed by atoms with Crippen LogP contribution < -0.4 is 0 Å². The molecule has 2 heterocycles. The number of nitrogens with zero attached hydrogens (tertiary/aromatic N) is 2. The molecule has 0 saturated carbocycles. The standard InChI is InChI=1S/C13H20N2O3/c1-8(2)11-5-10(18-14-11)6-15-12(9(3)4)7-17-13(15)16/h5,8-9,12H,6-7H2,1-4H3. The highest BCUT2D eigenvalue weighted by Crippen LogP contribution is 2.23. The lowest BCUT2D eigenvalue weighted by Gasteiger charge is -2.22. The average molecular weight is 252 g/mol. The van der Waals surface area contributed by atoms with Gasteiger partial charge >= 0.3 is 6.09 Å². The summed E-state index contributed by atoms with van der Waals surface area (Å²) in [5.41, 5.74) is 0.915. The fraction of sp³-hybridized carbons (Fsp3) is 0.692. The molecule has 2 rings (SSSR count). The molecule has 1 aromatic heterocycles. The van der Waals surface area contributed by atoms with Gasteiger partial charge in [0.25, 0.3) is 0 Å². The molecule has 5 heteroatoms. The van der Waals surface area contributed by atoms with Crippen molar-refractivity contribution in [3.05, 3.63) is 17.5 Å². The van der Waals surface area contributed by atoms with Gasteiger partial charge in [-0.05, 0) is 11.8 Å². The zero-order valence-electron chi connectivity index (χ0n) is 11.3. The molecular weight excluding hydrogens is 232 g/mol. The molecule has 1 aromatic rings. The number of hydrogen-bond acceptors (Lipinski definition) is 4. The first-order chi connectivity index (χ1) is 8.49. The van der Waals surface area contributed by atoms with E-state index in [0.717, 1.165) is 5.69 Å². The Balaban J connectivity index is 2.09. The van der Waals surface area contributed by atoms with E-state index in [2.05, 4.69) is 32.9 Å². The Morgan fingerprint density at radius 2 is 2.17 bits per heavy atom. The van der Waals surface area contributed by atoms with Crippen molar-refractivity contribution >= 4 is 6.09 Å². The molecule has 1 unspecified atom stereocenters. The summed E-state index contributed by atoms with van der Waals surface area (Å²) in [6, 6.07) is 2.03. The van der Waals surface area contributed by atoms with E-state index in [0.29, 0.717) is 30.7 Å². The zero-order valence-corrected chi connectivity index (χ0v) is 11.3. The van der Waals surface area contributed by atoms with Gasteiger partial charge in [0.05, 0.1) is 18.3 Å². The Hall–Kier alpha value is -1.52. The molecule has 1 amide bonds. The first kappa shape index (κ1) is 12.9. The van der Waals surface area contributed by atoms with E-state index in [1.165, 1.54) is 0 Å². The minimum absolute atomic E-state index is 0.116. The summed E-state index contributed by atoms with van der Waals surface area (Å²) in [6.07, 6.45) is -0.267. The van der Waals surface area contributed by atoms with Crippen molar-refractivity contribution in [2.24, 2.45) is 5.92 Å². The average Bonchev–Trinajstić information content (AvgIpc) is 2.88. The van der Waals surface area contributed by atoms with Crippen LogP contribution in [0.5, 0.6) is 0 Å². The van der Waals surface area contributed by atoms with Crippen LogP contribution in [0.15, 0.2) is 10.6 Å². The second kappa shape index (κ2) is 5.00. The summed E-state index contributed by atoms with van der Waals surface area (Å²) in [4.78, 5) is 13.4. The minimum atomic E-state index is -0.267. The number of carbonyl (C=O) groups is 1. The molecule has 0 radical (unpaired) electrons. The lowest BCUT2D eigenvalue weighted by Crippen LogP contribution is -2.36. The number of cyclic esters (lactones) is 1. The number of amides is 1. The first-order valence-electron chi connectivity index (χ1n) is 6.38. The molecule has 1 aliphatic heterocycles. The molecule has 0 N–H and O–H groups in total. The molecule has 1 fully saturated rings. The molecule has 18 heavy (non-hydrogen) atoms. The zero-order chi connectivity index (χ0) is 13.3. The van der Waals surface area contributed by atoms with Crippen molar-refractivity contribution in [2.45, 2.75) is 46.2 Å². The molecule has 0 spiro atoms. The molecule has 0 aliphatic carbocycles. The van der Waals surface area contributed by atoms with Gasteiger partial charge in [0.2, 0.25) is 0 Å². The molecule has 5 nitrogen and oxygen atoms in total. The van der Waals surface area contributed by atoms with Gasteiger partial charge in [0.15, 0.2) is 5.76 Å². The Bertz CT molecular complexity index is 426. The lowest BCUT2D eigenvalue weighted by atomic mass is 10.0. The molecular formula is C13H20N2O3. The van der Waals surface area contributed by atoms with Crippen LogP contribution >= 0.6 is 0 Å². The van der Waals surface area contributed by atoms with E-state index < -0.39 is 0 Å². The van der Waals surface area contributed by atoms with Crippen molar-refractivity contribution in [1.29, 1.82) is 0 Å². The second-order valence-corrected chi connectivity index (χ2v) is 5.39. The fourth-order valence-electron chi connectivity index (χ4n) is 2.04. The van der Waals surface area contributed by atoms with Crippen molar-refractivity contribution in [2.75, 3.05) is 6.61 Å². The largest absolute Gasteiger partial charge is 0.447 e. The number of hydrogen-bond donors (Lipinski definition) is 0. The summed E-state index contributed by atoms with van der Waals surface area (Å²) in [6.45, 7) is 9.17. The maximum Gasteiger partial charge on any atom is 0.410 e. The smallest absolute Gasteiger partial charge is 0.410 e. The van der Waals surface area contributed by atoms with Gasteiger partial charge < -0.3 is 9.26 Å². The SMILES string of the molecule is CC(C)c1cc(CN2C(=O)OCC2C(C)C)on1. The highest BCUT2D eigenvalue weighted by atomic mass is 16.6. The second-order valence-electron chi connectivity index (χ2n) is 5.39. The summed E-state index contributed by atoms with van der Waals surface area (Å²) in [5.74, 6) is 1.40. The molecule has 0 bridgehead atoms. The fourth-order valence-corrected chi connectivity index (χ4v) is 2.04. The quantitative estimate of drug-likeness (QED) is 0.826. The third-order valence-electron chi connectivity index (χ3n) is 3.28. The lowest BCUT2D eigenvalue weighted by molar-refractivity contribution is 0.150. The number of aromatic nitrogens is 1. The van der Waals surface area contributed by atoms with Crippen LogP contribution in [0.1, 0.15) is 45.1 Å². The molecule has 0 aromatic carbocycles. The van der Waals surface area contributed by atoms with E-state index >= 15 is 0 Å². The molecule has 1 aliphatic rings. The molecule has 100 valence electrons. The van der Waals surface area contributed by atoms with Crippen molar-refractivity contribution in [3.63, 3.8) is 0 Å². The van der Waals surface area contributed by atoms with Gasteiger partial charge in [-0.25, -0.2) is 4.79 Å². The van der Waals surface area contributed by atoms with Crippen molar-refractivity contribution in [3.8, 4) is 0 Å². The van der Waals surface area contributed by atoms with Gasteiger partial charge in [-0.2, -0.15) is 0 Å². The Labute approximate surface area is 107 Å². The summed E-state index contributed by atoms with van der Waals surface area (Å²) in [7, 11) is 0. The van der Waals surface area contributed by atoms with Crippen LogP contribution in [0.2, 0.25) is 0 Å². The highest BCUT2D eigenvalue weighted by Gasteiger charge is 2.35. The first-order valence-corrected chi connectivity index (χ1v) is 6.38. The van der Waals surface area contributed by atoms with Gasteiger partial charge in [-0.3, -0.25) is 4.90 Å². The maximum atomic E-state index is 11.7. The summed E-state index contributed by atoms with van der Waals surface area (Å²) < 4.78 is 10.4. The van der Waals surface area contributed by atoms with Crippen LogP contribution in [0.3, 0.4) is 0 Å². The van der Waals surface area contributed by atoms with Gasteiger partial charge in [0, 0.05) is 6.07 Å². The number of ether oxygens (including phenoxy) is 1. The predicted molar refractivity (Wildman–Crippen MR) is 66.1 cm³/mol. The van der Waals surface area contributed by atoms with Crippen LogP contribution in [0.25, 0.3) is 0 Å². The van der Waals surface area contributed by atoms with Crippen molar-refractivity contribution < 1.29 is 14.1 Å². The van der Waals surface area contributed by atoms with Gasteiger partial charge in [-0.15, -0.1) is 0 Å². The number of carbonyl (C=O) groups excluding carboxylic acids is 1. The summed E-state index contributed by atoms with van der Waals surface area (Å²) >= 11 is 0. The van der Waals surface area contributed by atoms with Crippen LogP contribution in [0.4, 0.5) is 4.79 Å². The third-order valence-corrected chi connectivity index (χ3v) is 3.28. The summed E-state index contributed by atoms with van der Waals surface area (Å²) in [5, 5.41) is 4.00. The van der Waals surface area contributed by atoms with Crippen molar-refractivity contribution in [1.82, 2.24) is 10.1 Å². The van der Waals surface area contributed by atoms with Gasteiger partial charge in [0.1, 0.15) is 6.61 Å². The van der Waals surface area contributed by atoms with E-state index in [9.17, 15) is 4.79 Å². The van der Waals surface area contributed by atoms with Crippen LogP contribution in [-0.4, -0.2) is 28.8 Å². The monoisotopic (exact) mass is 252 g/mol.